The highest BCUT2D eigenvalue weighted by Crippen LogP contribution is 2.21. The van der Waals surface area contributed by atoms with E-state index in [-0.39, 0.29) is 23.7 Å². The second-order valence-corrected chi connectivity index (χ2v) is 7.30. The first-order chi connectivity index (χ1) is 12.5. The van der Waals surface area contributed by atoms with Gasteiger partial charge in [0.25, 0.3) is 0 Å². The van der Waals surface area contributed by atoms with Crippen molar-refractivity contribution in [3.8, 4) is 5.69 Å². The number of nitrogens with one attached hydrogen (secondary N) is 1. The molecule has 0 radical (unpaired) electrons. The molecule has 0 unspecified atom stereocenters. The van der Waals surface area contributed by atoms with Gasteiger partial charge in [-0.3, -0.25) is 4.79 Å². The molecule has 0 bridgehead atoms. The van der Waals surface area contributed by atoms with Crippen LogP contribution in [0.2, 0.25) is 0 Å². The molecule has 1 aliphatic heterocycles. The Hall–Kier alpha value is -2.21. The topological polar surface area (TPSA) is 50.2 Å². The summed E-state index contributed by atoms with van der Waals surface area (Å²) >= 11 is 0. The number of carbonyl (C=O) groups excluding carboxylic acids is 1. The molecule has 1 aromatic carbocycles. The summed E-state index contributed by atoms with van der Waals surface area (Å²) < 4.78 is 15.4. The second-order valence-electron chi connectivity index (χ2n) is 7.30. The third-order valence-corrected chi connectivity index (χ3v) is 5.19. The van der Waals surface area contributed by atoms with E-state index < -0.39 is 0 Å². The monoisotopic (exact) mass is 358 g/mol. The molecule has 1 saturated heterocycles. The van der Waals surface area contributed by atoms with Gasteiger partial charge in [-0.25, -0.2) is 9.07 Å². The highest BCUT2D eigenvalue weighted by atomic mass is 19.1. The molecule has 2 heterocycles. The Morgan fingerprint density at radius 1 is 1.23 bits per heavy atom. The van der Waals surface area contributed by atoms with Crippen molar-refractivity contribution in [2.75, 3.05) is 13.1 Å². The number of likely N-dealkylation sites (tertiary alicyclic amines) is 1. The lowest BCUT2D eigenvalue weighted by Gasteiger charge is -2.34. The minimum absolute atomic E-state index is 0.0639. The van der Waals surface area contributed by atoms with Crippen LogP contribution in [0.15, 0.2) is 36.7 Å². The molecule has 1 amide bonds. The fourth-order valence-corrected chi connectivity index (χ4v) is 3.42. The van der Waals surface area contributed by atoms with E-state index in [9.17, 15) is 9.18 Å². The van der Waals surface area contributed by atoms with E-state index in [1.165, 1.54) is 10.7 Å². The van der Waals surface area contributed by atoms with Crippen LogP contribution in [0.3, 0.4) is 0 Å². The first-order valence-corrected chi connectivity index (χ1v) is 9.29. The van der Waals surface area contributed by atoms with Crippen LogP contribution in [0.4, 0.5) is 4.39 Å². The van der Waals surface area contributed by atoms with Gasteiger partial charge in [-0.15, -0.1) is 0 Å². The highest BCUT2D eigenvalue weighted by Gasteiger charge is 2.27. The number of aromatic nitrogens is 2. The fraction of sp³-hybridized carbons (Fsp3) is 0.500. The molecule has 6 heteroatoms. The molecule has 1 aromatic heterocycles. The largest absolute Gasteiger partial charge is 0.349 e. The van der Waals surface area contributed by atoms with Crippen molar-refractivity contribution in [1.82, 2.24) is 20.0 Å². The summed E-state index contributed by atoms with van der Waals surface area (Å²) in [6.07, 6.45) is 5.24. The maximum Gasteiger partial charge on any atom is 0.223 e. The van der Waals surface area contributed by atoms with Crippen LogP contribution < -0.4 is 5.32 Å². The fourth-order valence-electron chi connectivity index (χ4n) is 3.42. The Labute approximate surface area is 154 Å². The van der Waals surface area contributed by atoms with Gasteiger partial charge in [0, 0.05) is 23.7 Å². The summed E-state index contributed by atoms with van der Waals surface area (Å²) in [4.78, 5) is 15.0. The molecular weight excluding hydrogens is 331 g/mol. The van der Waals surface area contributed by atoms with Crippen LogP contribution >= 0.6 is 0 Å². The number of hydrogen-bond acceptors (Lipinski definition) is 3. The molecular formula is C20H27FN4O. The van der Waals surface area contributed by atoms with Crippen molar-refractivity contribution in [1.29, 1.82) is 0 Å². The summed E-state index contributed by atoms with van der Waals surface area (Å²) in [6, 6.07) is 6.88. The molecule has 0 spiro atoms. The minimum Gasteiger partial charge on any atom is -0.349 e. The number of halogens is 1. The average Bonchev–Trinajstić information content (AvgIpc) is 3.12. The number of nitrogens with zero attached hydrogens (tertiary/aromatic N) is 3. The summed E-state index contributed by atoms with van der Waals surface area (Å²) in [5, 5.41) is 7.32. The van der Waals surface area contributed by atoms with E-state index in [1.54, 1.807) is 30.6 Å². The van der Waals surface area contributed by atoms with Crippen molar-refractivity contribution < 1.29 is 9.18 Å². The van der Waals surface area contributed by atoms with Crippen molar-refractivity contribution in [3.63, 3.8) is 0 Å². The molecule has 1 atom stereocenters. The van der Waals surface area contributed by atoms with Crippen LogP contribution in [0, 0.1) is 11.7 Å². The highest BCUT2D eigenvalue weighted by molar-refractivity contribution is 5.79. The SMILES string of the molecule is CC(C)N1CCC(C(=O)N[C@@H](C)c2cnn(-c3ccccc3F)c2)CC1. The molecule has 3 rings (SSSR count). The Bertz CT molecular complexity index is 750. The van der Waals surface area contributed by atoms with E-state index in [4.69, 9.17) is 0 Å². The van der Waals surface area contributed by atoms with E-state index in [1.807, 2.05) is 6.92 Å². The van der Waals surface area contributed by atoms with Crippen LogP contribution in [0.1, 0.15) is 45.2 Å². The summed E-state index contributed by atoms with van der Waals surface area (Å²) in [7, 11) is 0. The lowest BCUT2D eigenvalue weighted by molar-refractivity contribution is -0.127. The number of piperidine rings is 1. The van der Waals surface area contributed by atoms with E-state index in [0.29, 0.717) is 11.7 Å². The molecule has 26 heavy (non-hydrogen) atoms. The van der Waals surface area contributed by atoms with E-state index in [2.05, 4.69) is 29.2 Å². The van der Waals surface area contributed by atoms with Crippen LogP contribution in [-0.2, 0) is 4.79 Å². The van der Waals surface area contributed by atoms with Gasteiger partial charge < -0.3 is 10.2 Å². The van der Waals surface area contributed by atoms with Gasteiger partial charge in [-0.1, -0.05) is 12.1 Å². The Morgan fingerprint density at radius 3 is 2.58 bits per heavy atom. The van der Waals surface area contributed by atoms with Gasteiger partial charge in [0.05, 0.1) is 12.2 Å². The Balaban J connectivity index is 1.60. The first-order valence-electron chi connectivity index (χ1n) is 9.29. The van der Waals surface area contributed by atoms with Gasteiger partial charge in [0.15, 0.2) is 0 Å². The standard InChI is InChI=1S/C20H27FN4O/c1-14(2)24-10-8-16(9-11-24)20(26)23-15(3)17-12-22-25(13-17)19-7-5-4-6-18(19)21/h4-7,12-16H,8-11H2,1-3H3,(H,23,26)/t15-/m0/s1. The van der Waals surface area contributed by atoms with Crippen LogP contribution in [-0.4, -0.2) is 39.7 Å². The number of para-hydroxylation sites is 1. The lowest BCUT2D eigenvalue weighted by Crippen LogP contribution is -2.43. The van der Waals surface area contributed by atoms with E-state index in [0.717, 1.165) is 31.5 Å². The molecule has 5 nitrogen and oxygen atoms in total. The van der Waals surface area contributed by atoms with E-state index >= 15 is 0 Å². The molecule has 1 fully saturated rings. The number of hydrogen-bond donors (Lipinski definition) is 1. The number of rotatable bonds is 5. The predicted octanol–water partition coefficient (Wildman–Crippen LogP) is 3.31. The average molecular weight is 358 g/mol. The van der Waals surface area contributed by atoms with Crippen molar-refractivity contribution >= 4 is 5.91 Å². The zero-order chi connectivity index (χ0) is 18.7. The Kier molecular flexibility index (Phi) is 5.71. The van der Waals surface area contributed by atoms with Gasteiger partial charge in [-0.2, -0.15) is 5.10 Å². The molecule has 0 saturated carbocycles. The normalized spacial score (nSPS) is 17.4. The molecule has 1 aliphatic rings. The van der Waals surface area contributed by atoms with Crippen molar-refractivity contribution in [2.45, 2.75) is 45.7 Å². The third kappa shape index (κ3) is 4.12. The summed E-state index contributed by atoms with van der Waals surface area (Å²) in [5.41, 5.74) is 1.26. The van der Waals surface area contributed by atoms with Crippen LogP contribution in [0.25, 0.3) is 5.69 Å². The smallest absolute Gasteiger partial charge is 0.223 e. The number of benzene rings is 1. The maximum atomic E-state index is 13.9. The third-order valence-electron chi connectivity index (χ3n) is 5.19. The second kappa shape index (κ2) is 7.99. The Morgan fingerprint density at radius 2 is 1.92 bits per heavy atom. The minimum atomic E-state index is -0.323. The summed E-state index contributed by atoms with van der Waals surface area (Å²) in [5.74, 6) is -0.163. The quantitative estimate of drug-likeness (QED) is 0.892. The van der Waals surface area contributed by atoms with Gasteiger partial charge in [-0.05, 0) is 58.8 Å². The predicted molar refractivity (Wildman–Crippen MR) is 99.5 cm³/mol. The molecule has 140 valence electrons. The van der Waals surface area contributed by atoms with Gasteiger partial charge in [0.2, 0.25) is 5.91 Å². The number of amides is 1. The van der Waals surface area contributed by atoms with Gasteiger partial charge >= 0.3 is 0 Å². The van der Waals surface area contributed by atoms with Gasteiger partial charge in [0.1, 0.15) is 11.5 Å². The lowest BCUT2D eigenvalue weighted by atomic mass is 9.94. The molecule has 2 aromatic rings. The maximum absolute atomic E-state index is 13.9. The van der Waals surface area contributed by atoms with Crippen molar-refractivity contribution in [2.24, 2.45) is 5.92 Å². The zero-order valence-electron chi connectivity index (χ0n) is 15.7. The van der Waals surface area contributed by atoms with Crippen molar-refractivity contribution in [3.05, 3.63) is 48.0 Å². The zero-order valence-corrected chi connectivity index (χ0v) is 15.7. The number of carbonyl (C=O) groups is 1. The van der Waals surface area contributed by atoms with Crippen LogP contribution in [0.5, 0.6) is 0 Å². The molecule has 1 N–H and O–H groups in total. The first kappa shape index (κ1) is 18.6. The summed E-state index contributed by atoms with van der Waals surface area (Å²) in [6.45, 7) is 8.25. The molecule has 0 aliphatic carbocycles.